The molecule has 0 aliphatic carbocycles. The van der Waals surface area contributed by atoms with Gasteiger partial charge in [-0.2, -0.15) is 0 Å². The Kier molecular flexibility index (Phi) is 4.50. The Morgan fingerprint density at radius 3 is 2.41 bits per heavy atom. The zero-order valence-corrected chi connectivity index (χ0v) is 10.9. The van der Waals surface area contributed by atoms with Crippen LogP contribution in [-0.2, 0) is 4.79 Å². The predicted octanol–water partition coefficient (Wildman–Crippen LogP) is 3.16. The fraction of sp³-hybridized carbons (Fsp3) is 0.400. The number of aryl methyl sites for hydroxylation is 1. The standard InChI is InChI=1S/C15H21NO/c1-10(2)14(9-15(16)17)12(4)13-8-6-5-7-11(13)3/h5-8,10,14H,4,9H2,1-3H3,(H2,16,17). The maximum absolute atomic E-state index is 11.1. The zero-order valence-electron chi connectivity index (χ0n) is 10.9. The highest BCUT2D eigenvalue weighted by Gasteiger charge is 2.21. The molecule has 0 heterocycles. The molecule has 2 heteroatoms. The van der Waals surface area contributed by atoms with Crippen molar-refractivity contribution >= 4 is 11.5 Å². The van der Waals surface area contributed by atoms with Gasteiger partial charge in [0.25, 0.3) is 0 Å². The average molecular weight is 231 g/mol. The summed E-state index contributed by atoms with van der Waals surface area (Å²) >= 11 is 0. The summed E-state index contributed by atoms with van der Waals surface area (Å²) in [6.45, 7) is 10.4. The van der Waals surface area contributed by atoms with Crippen LogP contribution in [0.4, 0.5) is 0 Å². The minimum atomic E-state index is -0.265. The lowest BCUT2D eigenvalue weighted by atomic mass is 9.81. The van der Waals surface area contributed by atoms with Gasteiger partial charge in [-0.15, -0.1) is 0 Å². The molecule has 1 aromatic carbocycles. The van der Waals surface area contributed by atoms with Crippen molar-refractivity contribution in [3.8, 4) is 0 Å². The Morgan fingerprint density at radius 1 is 1.35 bits per heavy atom. The summed E-state index contributed by atoms with van der Waals surface area (Å²) in [6.07, 6.45) is 0.366. The lowest BCUT2D eigenvalue weighted by Crippen LogP contribution is -2.21. The third-order valence-corrected chi connectivity index (χ3v) is 3.16. The van der Waals surface area contributed by atoms with Gasteiger partial charge in [0.15, 0.2) is 0 Å². The minimum Gasteiger partial charge on any atom is -0.370 e. The van der Waals surface area contributed by atoms with Crippen LogP contribution in [-0.4, -0.2) is 5.91 Å². The van der Waals surface area contributed by atoms with Gasteiger partial charge < -0.3 is 5.73 Å². The maximum atomic E-state index is 11.1. The van der Waals surface area contributed by atoms with E-state index in [0.717, 1.165) is 11.1 Å². The van der Waals surface area contributed by atoms with E-state index >= 15 is 0 Å². The van der Waals surface area contributed by atoms with E-state index in [-0.39, 0.29) is 11.8 Å². The largest absolute Gasteiger partial charge is 0.370 e. The molecule has 1 atom stereocenters. The Hall–Kier alpha value is -1.57. The number of nitrogens with two attached hydrogens (primary N) is 1. The number of hydrogen-bond acceptors (Lipinski definition) is 1. The van der Waals surface area contributed by atoms with Gasteiger partial charge in [0.05, 0.1) is 0 Å². The Bertz CT molecular complexity index is 421. The number of rotatable bonds is 5. The van der Waals surface area contributed by atoms with Crippen molar-refractivity contribution in [2.75, 3.05) is 0 Å². The first-order chi connectivity index (χ1) is 7.93. The van der Waals surface area contributed by atoms with E-state index < -0.39 is 0 Å². The van der Waals surface area contributed by atoms with Crippen molar-refractivity contribution < 1.29 is 4.79 Å². The molecular formula is C15H21NO. The molecule has 1 aromatic rings. The lowest BCUT2D eigenvalue weighted by molar-refractivity contribution is -0.118. The molecule has 2 N–H and O–H groups in total. The van der Waals surface area contributed by atoms with Crippen LogP contribution >= 0.6 is 0 Å². The van der Waals surface area contributed by atoms with Crippen molar-refractivity contribution in [3.05, 3.63) is 42.0 Å². The first kappa shape index (κ1) is 13.5. The summed E-state index contributed by atoms with van der Waals surface area (Å²) in [6, 6.07) is 8.11. The first-order valence-corrected chi connectivity index (χ1v) is 5.96. The summed E-state index contributed by atoms with van der Waals surface area (Å²) in [7, 11) is 0. The Balaban J connectivity index is 3.00. The highest BCUT2D eigenvalue weighted by molar-refractivity contribution is 5.78. The molecule has 0 radical (unpaired) electrons. The third-order valence-electron chi connectivity index (χ3n) is 3.16. The van der Waals surface area contributed by atoms with Crippen molar-refractivity contribution in [2.24, 2.45) is 17.6 Å². The second-order valence-electron chi connectivity index (χ2n) is 4.86. The van der Waals surface area contributed by atoms with E-state index in [0.29, 0.717) is 12.3 Å². The molecule has 2 nitrogen and oxygen atoms in total. The summed E-state index contributed by atoms with van der Waals surface area (Å²) in [5.41, 5.74) is 8.64. The fourth-order valence-electron chi connectivity index (χ4n) is 2.11. The number of benzene rings is 1. The van der Waals surface area contributed by atoms with E-state index in [1.54, 1.807) is 0 Å². The van der Waals surface area contributed by atoms with E-state index in [2.05, 4.69) is 33.4 Å². The molecule has 1 unspecified atom stereocenters. The molecular weight excluding hydrogens is 210 g/mol. The summed E-state index contributed by atoms with van der Waals surface area (Å²) in [5.74, 6) is 0.210. The molecule has 0 aliphatic heterocycles. The van der Waals surface area contributed by atoms with Gasteiger partial charge in [-0.3, -0.25) is 4.79 Å². The van der Waals surface area contributed by atoms with E-state index in [9.17, 15) is 4.79 Å². The highest BCUT2D eigenvalue weighted by atomic mass is 16.1. The maximum Gasteiger partial charge on any atom is 0.218 e. The van der Waals surface area contributed by atoms with Gasteiger partial charge in [0, 0.05) is 6.42 Å². The quantitative estimate of drug-likeness (QED) is 0.831. The van der Waals surface area contributed by atoms with Gasteiger partial charge in [-0.05, 0) is 35.5 Å². The smallest absolute Gasteiger partial charge is 0.218 e. The SMILES string of the molecule is C=C(c1ccccc1C)C(CC(N)=O)C(C)C. The fourth-order valence-corrected chi connectivity index (χ4v) is 2.11. The molecule has 17 heavy (non-hydrogen) atoms. The van der Waals surface area contributed by atoms with Crippen LogP contribution in [0.25, 0.3) is 5.57 Å². The molecule has 0 aromatic heterocycles. The Morgan fingerprint density at radius 2 is 1.94 bits per heavy atom. The molecule has 0 bridgehead atoms. The Labute approximate surface area is 104 Å². The number of amides is 1. The summed E-state index contributed by atoms with van der Waals surface area (Å²) in [5, 5.41) is 0. The van der Waals surface area contributed by atoms with Crippen LogP contribution in [0.15, 0.2) is 30.8 Å². The van der Waals surface area contributed by atoms with Crippen LogP contribution in [0, 0.1) is 18.8 Å². The van der Waals surface area contributed by atoms with Crippen molar-refractivity contribution in [1.29, 1.82) is 0 Å². The van der Waals surface area contributed by atoms with Crippen molar-refractivity contribution in [3.63, 3.8) is 0 Å². The van der Waals surface area contributed by atoms with Gasteiger partial charge in [0.2, 0.25) is 5.91 Å². The molecule has 0 fully saturated rings. The van der Waals surface area contributed by atoms with Crippen molar-refractivity contribution in [2.45, 2.75) is 27.2 Å². The number of carbonyl (C=O) groups excluding carboxylic acids is 1. The monoisotopic (exact) mass is 231 g/mol. The second kappa shape index (κ2) is 5.67. The van der Waals surface area contributed by atoms with E-state index in [1.165, 1.54) is 5.56 Å². The second-order valence-corrected chi connectivity index (χ2v) is 4.86. The number of primary amides is 1. The molecule has 1 amide bonds. The molecule has 0 aliphatic rings. The third kappa shape index (κ3) is 3.45. The molecule has 1 rings (SSSR count). The van der Waals surface area contributed by atoms with Crippen LogP contribution in [0.5, 0.6) is 0 Å². The normalized spacial score (nSPS) is 12.5. The molecule has 0 saturated carbocycles. The van der Waals surface area contributed by atoms with Crippen LogP contribution in [0.1, 0.15) is 31.4 Å². The number of allylic oxidation sites excluding steroid dienone is 1. The minimum absolute atomic E-state index is 0.119. The van der Waals surface area contributed by atoms with E-state index in [1.807, 2.05) is 18.2 Å². The van der Waals surface area contributed by atoms with Gasteiger partial charge in [0.1, 0.15) is 0 Å². The number of hydrogen-bond donors (Lipinski definition) is 1. The predicted molar refractivity (Wildman–Crippen MR) is 72.4 cm³/mol. The van der Waals surface area contributed by atoms with Crippen LogP contribution in [0.2, 0.25) is 0 Å². The lowest BCUT2D eigenvalue weighted by Gasteiger charge is -2.23. The highest BCUT2D eigenvalue weighted by Crippen LogP contribution is 2.31. The van der Waals surface area contributed by atoms with Crippen LogP contribution < -0.4 is 5.73 Å². The number of carbonyl (C=O) groups is 1. The van der Waals surface area contributed by atoms with Crippen molar-refractivity contribution in [1.82, 2.24) is 0 Å². The average Bonchev–Trinajstić information content (AvgIpc) is 2.25. The summed E-state index contributed by atoms with van der Waals surface area (Å²) < 4.78 is 0. The van der Waals surface area contributed by atoms with E-state index in [4.69, 9.17) is 5.73 Å². The molecule has 0 spiro atoms. The zero-order chi connectivity index (χ0) is 13.0. The molecule has 92 valence electrons. The first-order valence-electron chi connectivity index (χ1n) is 5.96. The van der Waals surface area contributed by atoms with Gasteiger partial charge in [-0.25, -0.2) is 0 Å². The molecule has 0 saturated heterocycles. The van der Waals surface area contributed by atoms with Crippen LogP contribution in [0.3, 0.4) is 0 Å². The van der Waals surface area contributed by atoms with Gasteiger partial charge in [-0.1, -0.05) is 44.7 Å². The topological polar surface area (TPSA) is 43.1 Å². The summed E-state index contributed by atoms with van der Waals surface area (Å²) in [4.78, 5) is 11.1. The van der Waals surface area contributed by atoms with Gasteiger partial charge >= 0.3 is 0 Å².